The molecule has 4 nitrogen and oxygen atoms in total. The van der Waals surface area contributed by atoms with E-state index in [9.17, 15) is 10.1 Å². The third-order valence-electron chi connectivity index (χ3n) is 4.61. The summed E-state index contributed by atoms with van der Waals surface area (Å²) in [5.41, 5.74) is 0.683. The number of rotatable bonds is 7. The first-order valence-electron chi connectivity index (χ1n) is 8.41. The van der Waals surface area contributed by atoms with Crippen LogP contribution in [-0.4, -0.2) is 18.5 Å². The fourth-order valence-corrected chi connectivity index (χ4v) is 2.95. The van der Waals surface area contributed by atoms with Gasteiger partial charge in [-0.25, -0.2) is 0 Å². The van der Waals surface area contributed by atoms with Crippen LogP contribution >= 0.6 is 0 Å². The Kier molecular flexibility index (Phi) is 6.30. The summed E-state index contributed by atoms with van der Waals surface area (Å²) in [5.74, 6) is 0.198. The molecule has 2 rings (SSSR count). The number of hydrogen-bond donors (Lipinski definition) is 0. The molecule has 0 aromatic heterocycles. The van der Waals surface area contributed by atoms with Crippen LogP contribution in [0.3, 0.4) is 0 Å². The minimum Gasteiger partial charge on any atom is -0.348 e. The van der Waals surface area contributed by atoms with Crippen molar-refractivity contribution in [3.63, 3.8) is 0 Å². The molecule has 0 unspecified atom stereocenters. The minimum atomic E-state index is -0.597. The molecular weight excluding hydrogens is 302 g/mol. The molecule has 0 amide bonds. The van der Waals surface area contributed by atoms with Crippen molar-refractivity contribution in [2.24, 2.45) is 5.41 Å². The van der Waals surface area contributed by atoms with E-state index in [1.165, 1.54) is 0 Å². The highest BCUT2D eigenvalue weighted by molar-refractivity contribution is 5.84. The van der Waals surface area contributed by atoms with Crippen LogP contribution in [0.15, 0.2) is 36.9 Å². The van der Waals surface area contributed by atoms with Crippen molar-refractivity contribution >= 4 is 5.78 Å². The van der Waals surface area contributed by atoms with Crippen LogP contribution in [-0.2, 0) is 14.3 Å². The van der Waals surface area contributed by atoms with Crippen molar-refractivity contribution in [1.29, 1.82) is 5.26 Å². The zero-order chi connectivity index (χ0) is 17.6. The predicted molar refractivity (Wildman–Crippen MR) is 92.2 cm³/mol. The molecule has 0 radical (unpaired) electrons. The van der Waals surface area contributed by atoms with E-state index >= 15 is 0 Å². The molecule has 1 aromatic rings. The normalized spacial score (nSPS) is 21.0. The maximum Gasteiger partial charge on any atom is 0.185 e. The lowest BCUT2D eigenvalue weighted by Gasteiger charge is -2.39. The van der Waals surface area contributed by atoms with Crippen LogP contribution < -0.4 is 0 Å². The maximum absolute atomic E-state index is 12.6. The predicted octanol–water partition coefficient (Wildman–Crippen LogP) is 4.31. The third kappa shape index (κ3) is 4.11. The number of ether oxygens (including phenoxy) is 2. The van der Waals surface area contributed by atoms with Gasteiger partial charge in [0.2, 0.25) is 0 Å². The lowest BCUT2D eigenvalue weighted by Crippen LogP contribution is -2.43. The minimum absolute atomic E-state index is 0.198. The summed E-state index contributed by atoms with van der Waals surface area (Å²) >= 11 is 0. The Hall–Kier alpha value is -1.96. The number of allylic oxidation sites excluding steroid dienone is 1. The number of ketones is 1. The van der Waals surface area contributed by atoms with Gasteiger partial charge in [-0.3, -0.25) is 4.79 Å². The lowest BCUT2D eigenvalue weighted by atomic mass is 9.78. The molecule has 128 valence electrons. The summed E-state index contributed by atoms with van der Waals surface area (Å²) in [6.45, 7) is 8.08. The van der Waals surface area contributed by atoms with E-state index in [-0.39, 0.29) is 11.9 Å². The van der Waals surface area contributed by atoms with Gasteiger partial charge in [-0.15, -0.1) is 6.58 Å². The van der Waals surface area contributed by atoms with E-state index in [0.717, 1.165) is 18.4 Å². The van der Waals surface area contributed by atoms with Crippen LogP contribution in [0.1, 0.15) is 56.9 Å². The number of Topliss-reactive ketones (excluding diaryl/α,β-unsaturated/α-hetero) is 1. The second kappa shape index (κ2) is 8.23. The first-order chi connectivity index (χ1) is 11.5. The van der Waals surface area contributed by atoms with Gasteiger partial charge in [0.25, 0.3) is 0 Å². The molecule has 0 aliphatic carbocycles. The third-order valence-corrected chi connectivity index (χ3v) is 4.61. The van der Waals surface area contributed by atoms with Gasteiger partial charge in [-0.1, -0.05) is 38.1 Å². The molecule has 1 fully saturated rings. The van der Waals surface area contributed by atoms with Crippen molar-refractivity contribution in [2.45, 2.75) is 51.9 Å². The Morgan fingerprint density at radius 3 is 2.92 bits per heavy atom. The van der Waals surface area contributed by atoms with Crippen LogP contribution in [0, 0.1) is 16.7 Å². The number of carbonyl (C=O) groups excluding carboxylic acids is 1. The number of hydrogen-bond acceptors (Lipinski definition) is 4. The summed E-state index contributed by atoms with van der Waals surface area (Å²) in [6.07, 6.45) is 3.87. The van der Waals surface area contributed by atoms with Crippen molar-refractivity contribution < 1.29 is 14.3 Å². The lowest BCUT2D eigenvalue weighted by molar-refractivity contribution is -0.238. The van der Waals surface area contributed by atoms with Crippen molar-refractivity contribution in [2.75, 3.05) is 6.61 Å². The van der Waals surface area contributed by atoms with E-state index in [1.54, 1.807) is 6.07 Å². The van der Waals surface area contributed by atoms with Crippen LogP contribution in [0.5, 0.6) is 0 Å². The first-order valence-corrected chi connectivity index (χ1v) is 8.41. The Morgan fingerprint density at radius 1 is 1.46 bits per heavy atom. The van der Waals surface area contributed by atoms with Crippen molar-refractivity contribution in [1.82, 2.24) is 0 Å². The summed E-state index contributed by atoms with van der Waals surface area (Å²) in [4.78, 5) is 12.6. The molecule has 1 heterocycles. The van der Waals surface area contributed by atoms with E-state index in [2.05, 4.69) is 12.6 Å². The molecule has 1 aliphatic rings. The fourth-order valence-electron chi connectivity index (χ4n) is 2.95. The quantitative estimate of drug-likeness (QED) is 0.553. The highest BCUT2D eigenvalue weighted by Crippen LogP contribution is 2.37. The average Bonchev–Trinajstić information content (AvgIpc) is 2.61. The van der Waals surface area contributed by atoms with E-state index in [4.69, 9.17) is 9.47 Å². The van der Waals surface area contributed by atoms with Gasteiger partial charge in [0.05, 0.1) is 24.3 Å². The highest BCUT2D eigenvalue weighted by Gasteiger charge is 2.40. The van der Waals surface area contributed by atoms with Crippen molar-refractivity contribution in [3.05, 3.63) is 48.0 Å². The molecule has 0 saturated carbocycles. The number of nitriles is 1. The smallest absolute Gasteiger partial charge is 0.185 e. The largest absolute Gasteiger partial charge is 0.348 e. The molecule has 1 aromatic carbocycles. The molecule has 2 atom stereocenters. The van der Waals surface area contributed by atoms with Crippen molar-refractivity contribution in [3.8, 4) is 6.07 Å². The van der Waals surface area contributed by atoms with Crippen LogP contribution in [0.2, 0.25) is 0 Å². The Labute approximate surface area is 144 Å². The van der Waals surface area contributed by atoms with Gasteiger partial charge in [0.1, 0.15) is 5.78 Å². The van der Waals surface area contributed by atoms with E-state index < -0.39 is 11.7 Å². The number of carbonyl (C=O) groups is 1. The second-order valence-electron chi connectivity index (χ2n) is 6.64. The second-order valence-corrected chi connectivity index (χ2v) is 6.64. The molecule has 1 saturated heterocycles. The summed E-state index contributed by atoms with van der Waals surface area (Å²) in [7, 11) is 0. The summed E-state index contributed by atoms with van der Waals surface area (Å²) < 4.78 is 11.8. The van der Waals surface area contributed by atoms with Gasteiger partial charge in [0.15, 0.2) is 6.29 Å². The van der Waals surface area contributed by atoms with E-state index in [1.807, 2.05) is 38.1 Å². The van der Waals surface area contributed by atoms with Crippen LogP contribution in [0.4, 0.5) is 0 Å². The number of nitrogens with zero attached hydrogens (tertiary/aromatic N) is 1. The Balaban J connectivity index is 2.10. The molecule has 0 bridgehead atoms. The molecule has 1 aliphatic heterocycles. The van der Waals surface area contributed by atoms with Crippen LogP contribution in [0.25, 0.3) is 0 Å². The van der Waals surface area contributed by atoms with Gasteiger partial charge >= 0.3 is 0 Å². The highest BCUT2D eigenvalue weighted by atomic mass is 16.7. The summed E-state index contributed by atoms with van der Waals surface area (Å²) in [5, 5.41) is 9.26. The zero-order valence-corrected chi connectivity index (χ0v) is 14.5. The fraction of sp³-hybridized carbons (Fsp3) is 0.500. The molecular formula is C20H25NO3. The van der Waals surface area contributed by atoms with Gasteiger partial charge in [-0.05, 0) is 25.3 Å². The first kappa shape index (κ1) is 18.4. The van der Waals surface area contributed by atoms with Gasteiger partial charge < -0.3 is 9.47 Å². The zero-order valence-electron chi connectivity index (χ0n) is 14.5. The SMILES string of the molecule is C=CCCCC(=O)C(C)(C)[C@@H]1CCO[C@H](c2ccccc2C#N)O1. The average molecular weight is 327 g/mol. The topological polar surface area (TPSA) is 59.3 Å². The number of unbranched alkanes of at least 4 members (excludes halogenated alkanes) is 1. The standard InChI is InChI=1S/C20H25NO3/c1-4-5-6-11-17(22)20(2,3)18-12-13-23-19(24-18)16-10-8-7-9-15(16)14-21/h4,7-10,18-19H,1,5-6,11-13H2,2-3H3/t18-,19-/m0/s1. The molecule has 4 heteroatoms. The molecule has 24 heavy (non-hydrogen) atoms. The number of benzene rings is 1. The van der Waals surface area contributed by atoms with E-state index in [0.29, 0.717) is 25.0 Å². The Bertz CT molecular complexity index is 630. The molecule has 0 N–H and O–H groups in total. The monoisotopic (exact) mass is 327 g/mol. The van der Waals surface area contributed by atoms with Gasteiger partial charge in [-0.2, -0.15) is 5.26 Å². The Morgan fingerprint density at radius 2 is 2.21 bits per heavy atom. The molecule has 0 spiro atoms. The summed E-state index contributed by atoms with van der Waals surface area (Å²) in [6, 6.07) is 9.43. The maximum atomic E-state index is 12.6. The van der Waals surface area contributed by atoms with Gasteiger partial charge in [0, 0.05) is 17.4 Å².